The number of hydrogen-bond acceptors (Lipinski definition) is 4. The number of anilines is 1. The second-order valence-electron chi connectivity index (χ2n) is 2.94. The van der Waals surface area contributed by atoms with Crippen molar-refractivity contribution in [2.45, 2.75) is 6.92 Å². The average molecular weight is 221 g/mol. The summed E-state index contributed by atoms with van der Waals surface area (Å²) in [6, 6.07) is 9.47. The minimum atomic E-state index is -0.478. The van der Waals surface area contributed by atoms with Crippen LogP contribution in [0.5, 0.6) is 0 Å². The summed E-state index contributed by atoms with van der Waals surface area (Å²) in [7, 11) is 1.43. The number of methoxy groups -OCH3 is 1. The third kappa shape index (κ3) is 3.65. The largest absolute Gasteiger partial charge is 0.489 e. The Balaban J connectivity index is 2.63. The molecule has 0 heterocycles. The molecule has 0 saturated carbocycles. The summed E-state index contributed by atoms with van der Waals surface area (Å²) in [6.07, 6.45) is 1.48. The third-order valence-corrected chi connectivity index (χ3v) is 1.84. The molecular weight excluding hydrogens is 206 g/mol. The summed E-state index contributed by atoms with van der Waals surface area (Å²) in [5.41, 5.74) is 0.876. The van der Waals surface area contributed by atoms with E-state index in [-0.39, 0.29) is 5.76 Å². The molecule has 0 aliphatic rings. The van der Waals surface area contributed by atoms with Gasteiger partial charge in [0.25, 0.3) is 0 Å². The number of hydrogen-bond donors (Lipinski definition) is 1. The van der Waals surface area contributed by atoms with Gasteiger partial charge < -0.3 is 14.8 Å². The molecule has 0 aliphatic carbocycles. The van der Waals surface area contributed by atoms with Crippen LogP contribution in [0.15, 0.2) is 42.3 Å². The van der Waals surface area contributed by atoms with Crippen LogP contribution >= 0.6 is 0 Å². The van der Waals surface area contributed by atoms with Crippen LogP contribution in [0, 0.1) is 0 Å². The topological polar surface area (TPSA) is 47.6 Å². The minimum Gasteiger partial charge on any atom is -0.489 e. The van der Waals surface area contributed by atoms with Crippen LogP contribution in [0.25, 0.3) is 0 Å². The Kier molecular flexibility index (Phi) is 4.92. The van der Waals surface area contributed by atoms with Crippen LogP contribution in [-0.2, 0) is 14.3 Å². The molecule has 1 aromatic carbocycles. The summed E-state index contributed by atoms with van der Waals surface area (Å²) in [6.45, 7) is 2.07. The van der Waals surface area contributed by atoms with Crippen LogP contribution in [0.1, 0.15) is 6.92 Å². The highest BCUT2D eigenvalue weighted by Gasteiger charge is 2.09. The minimum absolute atomic E-state index is 0.144. The van der Waals surface area contributed by atoms with Crippen LogP contribution < -0.4 is 5.32 Å². The number of esters is 1. The number of nitrogens with one attached hydrogen (secondary N) is 1. The third-order valence-electron chi connectivity index (χ3n) is 1.84. The number of ether oxygens (including phenoxy) is 2. The normalized spacial score (nSPS) is 10.8. The lowest BCUT2D eigenvalue weighted by molar-refractivity contribution is -0.142. The fourth-order valence-corrected chi connectivity index (χ4v) is 1.09. The molecule has 1 N–H and O–H groups in total. The first-order chi connectivity index (χ1) is 7.77. The molecule has 0 spiro atoms. The molecule has 0 radical (unpaired) electrons. The van der Waals surface area contributed by atoms with Gasteiger partial charge in [-0.2, -0.15) is 0 Å². The first kappa shape index (κ1) is 12.1. The van der Waals surface area contributed by atoms with Crippen molar-refractivity contribution in [1.82, 2.24) is 0 Å². The molecule has 4 heteroatoms. The Bertz CT molecular complexity index is 360. The molecule has 0 aliphatic heterocycles. The van der Waals surface area contributed by atoms with Gasteiger partial charge in [-0.05, 0) is 19.1 Å². The molecule has 1 rings (SSSR count). The molecule has 4 nitrogen and oxygen atoms in total. The van der Waals surface area contributed by atoms with Gasteiger partial charge in [0, 0.05) is 5.69 Å². The van der Waals surface area contributed by atoms with Crippen molar-refractivity contribution in [2.24, 2.45) is 0 Å². The molecule has 0 amide bonds. The summed E-state index contributed by atoms with van der Waals surface area (Å²) in [5.74, 6) is -0.334. The van der Waals surface area contributed by atoms with Crippen molar-refractivity contribution in [3.63, 3.8) is 0 Å². The van der Waals surface area contributed by atoms with Crippen molar-refractivity contribution in [2.75, 3.05) is 19.0 Å². The highest BCUT2D eigenvalue weighted by atomic mass is 16.6. The van der Waals surface area contributed by atoms with Gasteiger partial charge in [0.1, 0.15) is 0 Å². The van der Waals surface area contributed by atoms with Gasteiger partial charge in [0.15, 0.2) is 0 Å². The number of benzene rings is 1. The Hall–Kier alpha value is -1.97. The van der Waals surface area contributed by atoms with Crippen LogP contribution in [0.4, 0.5) is 5.69 Å². The summed E-state index contributed by atoms with van der Waals surface area (Å²) in [5, 5.41) is 2.95. The molecule has 0 saturated heterocycles. The van der Waals surface area contributed by atoms with E-state index in [0.717, 1.165) is 5.69 Å². The lowest BCUT2D eigenvalue weighted by Gasteiger charge is -2.06. The van der Waals surface area contributed by atoms with Gasteiger partial charge in [-0.1, -0.05) is 18.2 Å². The van der Waals surface area contributed by atoms with E-state index in [1.807, 2.05) is 30.3 Å². The van der Waals surface area contributed by atoms with Gasteiger partial charge in [-0.25, -0.2) is 4.79 Å². The highest BCUT2D eigenvalue weighted by molar-refractivity contribution is 5.86. The Morgan fingerprint density at radius 2 is 2.06 bits per heavy atom. The van der Waals surface area contributed by atoms with E-state index in [0.29, 0.717) is 6.61 Å². The Morgan fingerprint density at radius 1 is 1.38 bits per heavy atom. The van der Waals surface area contributed by atoms with Crippen LogP contribution in [0.3, 0.4) is 0 Å². The van der Waals surface area contributed by atoms with Crippen LogP contribution in [0.2, 0.25) is 0 Å². The second kappa shape index (κ2) is 6.50. The molecule has 0 bridgehead atoms. The van der Waals surface area contributed by atoms with E-state index >= 15 is 0 Å². The number of carbonyl (C=O) groups is 1. The van der Waals surface area contributed by atoms with E-state index in [4.69, 9.17) is 9.47 Å². The monoisotopic (exact) mass is 221 g/mol. The maximum Gasteiger partial charge on any atom is 0.375 e. The summed E-state index contributed by atoms with van der Waals surface area (Å²) < 4.78 is 9.72. The maximum absolute atomic E-state index is 11.3. The summed E-state index contributed by atoms with van der Waals surface area (Å²) >= 11 is 0. The lowest BCUT2D eigenvalue weighted by Crippen LogP contribution is -2.10. The van der Waals surface area contributed by atoms with Crippen molar-refractivity contribution < 1.29 is 14.3 Å². The molecule has 0 fully saturated rings. The maximum atomic E-state index is 11.3. The second-order valence-corrected chi connectivity index (χ2v) is 2.94. The standard InChI is InChI=1S/C12H15NO3/c1-3-16-12(14)11(15-2)9-13-10-7-5-4-6-8-10/h4-9,13H,3H2,1-2H3/b11-9-. The van der Waals surface area contributed by atoms with Gasteiger partial charge >= 0.3 is 5.97 Å². The average Bonchev–Trinajstić information content (AvgIpc) is 2.31. The smallest absolute Gasteiger partial charge is 0.375 e. The van der Waals surface area contributed by atoms with Crippen molar-refractivity contribution in [3.05, 3.63) is 42.3 Å². The predicted molar refractivity (Wildman–Crippen MR) is 61.8 cm³/mol. The fraction of sp³-hybridized carbons (Fsp3) is 0.250. The SMILES string of the molecule is CCOC(=O)/C(=C/Nc1ccccc1)OC. The quantitative estimate of drug-likeness (QED) is 0.470. The number of rotatable bonds is 5. The molecule has 0 atom stereocenters. The zero-order valence-electron chi connectivity index (χ0n) is 9.40. The predicted octanol–water partition coefficient (Wildman–Crippen LogP) is 2.15. The molecule has 0 unspecified atom stereocenters. The lowest BCUT2D eigenvalue weighted by atomic mass is 10.3. The number of carbonyl (C=O) groups excluding carboxylic acids is 1. The van der Waals surface area contributed by atoms with Gasteiger partial charge in [-0.15, -0.1) is 0 Å². The van der Waals surface area contributed by atoms with Gasteiger partial charge in [0.2, 0.25) is 5.76 Å². The molecular formula is C12H15NO3. The first-order valence-corrected chi connectivity index (χ1v) is 5.00. The van der Waals surface area contributed by atoms with Gasteiger partial charge in [0.05, 0.1) is 19.9 Å². The van der Waals surface area contributed by atoms with Crippen molar-refractivity contribution >= 4 is 11.7 Å². The zero-order chi connectivity index (χ0) is 11.8. The fourth-order valence-electron chi connectivity index (χ4n) is 1.09. The van der Waals surface area contributed by atoms with E-state index < -0.39 is 5.97 Å². The molecule has 86 valence electrons. The van der Waals surface area contributed by atoms with E-state index in [2.05, 4.69) is 5.32 Å². The van der Waals surface area contributed by atoms with E-state index in [1.54, 1.807) is 6.92 Å². The zero-order valence-corrected chi connectivity index (χ0v) is 9.40. The molecule has 1 aromatic rings. The molecule has 16 heavy (non-hydrogen) atoms. The summed E-state index contributed by atoms with van der Waals surface area (Å²) in [4.78, 5) is 11.3. The van der Waals surface area contributed by atoms with E-state index in [9.17, 15) is 4.79 Å². The Labute approximate surface area is 94.9 Å². The van der Waals surface area contributed by atoms with Crippen molar-refractivity contribution in [3.8, 4) is 0 Å². The molecule has 0 aromatic heterocycles. The Morgan fingerprint density at radius 3 is 2.62 bits per heavy atom. The van der Waals surface area contributed by atoms with Crippen molar-refractivity contribution in [1.29, 1.82) is 0 Å². The van der Waals surface area contributed by atoms with E-state index in [1.165, 1.54) is 13.3 Å². The van der Waals surface area contributed by atoms with Gasteiger partial charge in [-0.3, -0.25) is 0 Å². The highest BCUT2D eigenvalue weighted by Crippen LogP contribution is 2.07. The first-order valence-electron chi connectivity index (χ1n) is 5.00. The number of para-hydroxylation sites is 1. The van der Waals surface area contributed by atoms with Crippen LogP contribution in [-0.4, -0.2) is 19.7 Å².